The van der Waals surface area contributed by atoms with E-state index < -0.39 is 0 Å². The summed E-state index contributed by atoms with van der Waals surface area (Å²) in [6, 6.07) is 1.50. The normalized spacial score (nSPS) is 10.5. The quantitative estimate of drug-likeness (QED) is 0.808. The molecule has 2 heterocycles. The molecule has 78 valence electrons. The fourth-order valence-corrected chi connectivity index (χ4v) is 1.10. The van der Waals surface area contributed by atoms with Crippen LogP contribution in [0.25, 0.3) is 11.5 Å². The number of aromatic hydroxyl groups is 1. The van der Waals surface area contributed by atoms with Gasteiger partial charge in [0.05, 0.1) is 11.8 Å². The molecular weight excluding hydrogens is 198 g/mol. The van der Waals surface area contributed by atoms with E-state index in [0.717, 1.165) is 0 Å². The van der Waals surface area contributed by atoms with Crippen molar-refractivity contribution in [3.63, 3.8) is 0 Å². The Kier molecular flexibility index (Phi) is 2.59. The molecule has 15 heavy (non-hydrogen) atoms. The van der Waals surface area contributed by atoms with Crippen LogP contribution in [0, 0.1) is 0 Å². The molecule has 0 bridgehead atoms. The molecule has 0 atom stereocenters. The zero-order valence-electron chi connectivity index (χ0n) is 8.04. The van der Waals surface area contributed by atoms with E-state index in [0.29, 0.717) is 17.3 Å². The summed E-state index contributed by atoms with van der Waals surface area (Å²) in [4.78, 5) is 7.86. The second-order valence-electron chi connectivity index (χ2n) is 2.88. The van der Waals surface area contributed by atoms with Crippen molar-refractivity contribution in [1.29, 1.82) is 0 Å². The van der Waals surface area contributed by atoms with E-state index in [2.05, 4.69) is 15.1 Å². The molecule has 0 spiro atoms. The second kappa shape index (κ2) is 4.05. The molecule has 6 heteroatoms. The molecule has 2 rings (SSSR count). The Balaban J connectivity index is 2.29. The van der Waals surface area contributed by atoms with Crippen molar-refractivity contribution in [3.05, 3.63) is 24.3 Å². The minimum absolute atomic E-state index is 0.0546. The van der Waals surface area contributed by atoms with Gasteiger partial charge in [0.25, 0.3) is 5.89 Å². The first-order valence-electron chi connectivity index (χ1n) is 4.25. The van der Waals surface area contributed by atoms with Gasteiger partial charge in [0, 0.05) is 13.3 Å². The Labute approximate surface area is 85.5 Å². The van der Waals surface area contributed by atoms with Crippen LogP contribution in [0.2, 0.25) is 0 Å². The van der Waals surface area contributed by atoms with Gasteiger partial charge in [-0.25, -0.2) is 0 Å². The van der Waals surface area contributed by atoms with E-state index in [4.69, 9.17) is 9.26 Å². The highest BCUT2D eigenvalue weighted by Gasteiger charge is 2.09. The lowest BCUT2D eigenvalue weighted by atomic mass is 10.3. The molecule has 0 aromatic carbocycles. The third-order valence-electron chi connectivity index (χ3n) is 1.71. The number of pyridine rings is 1. The Morgan fingerprint density at radius 2 is 2.33 bits per heavy atom. The SMILES string of the molecule is COCc1noc(-c2cncc(O)c2)n1. The third-order valence-corrected chi connectivity index (χ3v) is 1.71. The van der Waals surface area contributed by atoms with Gasteiger partial charge in [-0.1, -0.05) is 5.16 Å². The summed E-state index contributed by atoms with van der Waals surface area (Å²) in [5.74, 6) is 0.820. The van der Waals surface area contributed by atoms with Gasteiger partial charge >= 0.3 is 0 Å². The minimum Gasteiger partial charge on any atom is -0.506 e. The Hall–Kier alpha value is -1.95. The van der Waals surface area contributed by atoms with Crippen LogP contribution in [0.15, 0.2) is 23.0 Å². The lowest BCUT2D eigenvalue weighted by molar-refractivity contribution is 0.174. The van der Waals surface area contributed by atoms with Gasteiger partial charge in [0.1, 0.15) is 12.4 Å². The lowest BCUT2D eigenvalue weighted by Crippen LogP contribution is -1.89. The number of rotatable bonds is 3. The van der Waals surface area contributed by atoms with Crippen molar-refractivity contribution in [1.82, 2.24) is 15.1 Å². The highest BCUT2D eigenvalue weighted by Crippen LogP contribution is 2.19. The first-order chi connectivity index (χ1) is 7.29. The number of hydrogen-bond donors (Lipinski definition) is 1. The second-order valence-corrected chi connectivity index (χ2v) is 2.88. The van der Waals surface area contributed by atoms with Crippen LogP contribution in [0.3, 0.4) is 0 Å². The van der Waals surface area contributed by atoms with Gasteiger partial charge < -0.3 is 14.4 Å². The molecule has 0 saturated heterocycles. The average molecular weight is 207 g/mol. The summed E-state index contributed by atoms with van der Waals surface area (Å²) in [5.41, 5.74) is 0.574. The van der Waals surface area contributed by atoms with Crippen molar-refractivity contribution in [2.75, 3.05) is 7.11 Å². The topological polar surface area (TPSA) is 81.3 Å². The lowest BCUT2D eigenvalue weighted by Gasteiger charge is -1.93. The van der Waals surface area contributed by atoms with Crippen LogP contribution in [0.5, 0.6) is 5.75 Å². The Bertz CT molecular complexity index is 455. The predicted octanol–water partition coefficient (Wildman–Crippen LogP) is 0.984. The van der Waals surface area contributed by atoms with E-state index >= 15 is 0 Å². The van der Waals surface area contributed by atoms with Crippen LogP contribution in [0.1, 0.15) is 5.82 Å². The first-order valence-corrected chi connectivity index (χ1v) is 4.25. The number of methoxy groups -OCH3 is 1. The molecule has 0 unspecified atom stereocenters. The molecule has 1 N–H and O–H groups in total. The maximum absolute atomic E-state index is 9.21. The average Bonchev–Trinajstić information content (AvgIpc) is 2.67. The zero-order valence-corrected chi connectivity index (χ0v) is 8.04. The fraction of sp³-hybridized carbons (Fsp3) is 0.222. The minimum atomic E-state index is 0.0546. The van der Waals surface area contributed by atoms with Crippen molar-refractivity contribution in [3.8, 4) is 17.2 Å². The molecule has 0 amide bonds. The molecule has 2 aromatic rings. The molecule has 0 fully saturated rings. The Morgan fingerprint density at radius 3 is 3.07 bits per heavy atom. The van der Waals surface area contributed by atoms with Gasteiger partial charge in [0.2, 0.25) is 0 Å². The van der Waals surface area contributed by atoms with Crippen molar-refractivity contribution >= 4 is 0 Å². The van der Waals surface area contributed by atoms with Gasteiger partial charge in [-0.15, -0.1) is 0 Å². The standard InChI is InChI=1S/C9H9N3O3/c1-14-5-8-11-9(15-12-8)6-2-7(13)4-10-3-6/h2-4,13H,5H2,1H3. The Morgan fingerprint density at radius 1 is 1.47 bits per heavy atom. The van der Waals surface area contributed by atoms with E-state index in [-0.39, 0.29) is 12.4 Å². The summed E-state index contributed by atoms with van der Waals surface area (Å²) < 4.78 is 9.82. The highest BCUT2D eigenvalue weighted by atomic mass is 16.5. The molecule has 6 nitrogen and oxygen atoms in total. The summed E-state index contributed by atoms with van der Waals surface area (Å²) in [5, 5.41) is 12.9. The maximum Gasteiger partial charge on any atom is 0.259 e. The van der Waals surface area contributed by atoms with E-state index in [1.165, 1.54) is 18.5 Å². The van der Waals surface area contributed by atoms with E-state index in [1.54, 1.807) is 7.11 Å². The summed E-state index contributed by atoms with van der Waals surface area (Å²) in [6.45, 7) is 0.287. The fourth-order valence-electron chi connectivity index (χ4n) is 1.10. The van der Waals surface area contributed by atoms with E-state index in [9.17, 15) is 5.11 Å². The van der Waals surface area contributed by atoms with Crippen LogP contribution in [-0.4, -0.2) is 27.3 Å². The van der Waals surface area contributed by atoms with Crippen molar-refractivity contribution in [2.24, 2.45) is 0 Å². The molecule has 0 aliphatic carbocycles. The molecular formula is C9H9N3O3. The summed E-state index contributed by atoms with van der Waals surface area (Å²) >= 11 is 0. The highest BCUT2D eigenvalue weighted by molar-refractivity contribution is 5.53. The van der Waals surface area contributed by atoms with E-state index in [1.807, 2.05) is 0 Å². The monoisotopic (exact) mass is 207 g/mol. The first kappa shape index (κ1) is 9.60. The van der Waals surface area contributed by atoms with Crippen molar-refractivity contribution < 1.29 is 14.4 Å². The summed E-state index contributed by atoms with van der Waals surface area (Å²) in [6.07, 6.45) is 2.86. The number of nitrogens with zero attached hydrogens (tertiary/aromatic N) is 3. The zero-order chi connectivity index (χ0) is 10.7. The smallest absolute Gasteiger partial charge is 0.259 e. The van der Waals surface area contributed by atoms with Crippen molar-refractivity contribution in [2.45, 2.75) is 6.61 Å². The van der Waals surface area contributed by atoms with Gasteiger partial charge in [-0.2, -0.15) is 4.98 Å². The number of aromatic nitrogens is 3. The molecule has 0 aliphatic rings. The maximum atomic E-state index is 9.21. The van der Waals surface area contributed by atoms with Crippen LogP contribution < -0.4 is 0 Å². The molecule has 0 aliphatic heterocycles. The van der Waals surface area contributed by atoms with Gasteiger partial charge in [-0.05, 0) is 6.07 Å². The molecule has 0 saturated carbocycles. The van der Waals surface area contributed by atoms with Crippen LogP contribution >= 0.6 is 0 Å². The van der Waals surface area contributed by atoms with Gasteiger partial charge in [0.15, 0.2) is 5.82 Å². The third kappa shape index (κ3) is 2.10. The number of ether oxygens (including phenoxy) is 1. The van der Waals surface area contributed by atoms with Gasteiger partial charge in [-0.3, -0.25) is 4.98 Å². The predicted molar refractivity (Wildman–Crippen MR) is 49.9 cm³/mol. The number of hydrogen-bond acceptors (Lipinski definition) is 6. The molecule has 2 aromatic heterocycles. The summed E-state index contributed by atoms with van der Waals surface area (Å²) in [7, 11) is 1.55. The van der Waals surface area contributed by atoms with Crippen LogP contribution in [-0.2, 0) is 11.3 Å². The van der Waals surface area contributed by atoms with Crippen LogP contribution in [0.4, 0.5) is 0 Å². The largest absolute Gasteiger partial charge is 0.506 e. The molecule has 0 radical (unpaired) electrons.